The summed E-state index contributed by atoms with van der Waals surface area (Å²) in [6, 6.07) is 1.99. The number of pyridine rings is 1. The molecule has 7 nitrogen and oxygen atoms in total. The smallest absolute Gasteiger partial charge is 0.207 e. The van der Waals surface area contributed by atoms with Crippen LogP contribution in [0.5, 0.6) is 0 Å². The van der Waals surface area contributed by atoms with E-state index in [1.165, 1.54) is 7.11 Å². The lowest BCUT2D eigenvalue weighted by Gasteiger charge is -2.25. The Labute approximate surface area is 141 Å². The first kappa shape index (κ1) is 16.8. The van der Waals surface area contributed by atoms with E-state index in [2.05, 4.69) is 24.2 Å². The van der Waals surface area contributed by atoms with Crippen LogP contribution in [0.25, 0.3) is 18.0 Å². The molecular weight excluding hydrogens is 306 g/mol. The molecule has 3 rings (SSSR count). The van der Waals surface area contributed by atoms with Gasteiger partial charge in [0.05, 0.1) is 17.1 Å². The molecule has 4 N–H and O–H groups in total. The van der Waals surface area contributed by atoms with Crippen molar-refractivity contribution in [2.75, 3.05) is 38.3 Å². The highest BCUT2D eigenvalue weighted by atomic mass is 16.6. The van der Waals surface area contributed by atoms with Gasteiger partial charge in [0.25, 0.3) is 0 Å². The number of likely N-dealkylation sites (N-methyl/N-ethyl adjacent to an activating group) is 1. The molecule has 24 heavy (non-hydrogen) atoms. The van der Waals surface area contributed by atoms with Crippen LogP contribution in [0.3, 0.4) is 0 Å². The zero-order valence-corrected chi connectivity index (χ0v) is 14.4. The summed E-state index contributed by atoms with van der Waals surface area (Å²) in [5.41, 5.74) is 10.2. The highest BCUT2D eigenvalue weighted by Crippen LogP contribution is 2.17. The molecule has 1 atom stereocenters. The Hall–Kier alpha value is -2.09. The third-order valence-electron chi connectivity index (χ3n) is 4.57. The maximum atomic E-state index is 10.3. The minimum Gasteiger partial charge on any atom is -0.384 e. The van der Waals surface area contributed by atoms with Gasteiger partial charge in [-0.2, -0.15) is 0 Å². The number of nitrogens with zero attached hydrogens (tertiary/aromatic N) is 3. The highest BCUT2D eigenvalue weighted by molar-refractivity contribution is 5.66. The van der Waals surface area contributed by atoms with Crippen molar-refractivity contribution < 1.29 is 9.84 Å². The van der Waals surface area contributed by atoms with Crippen molar-refractivity contribution in [1.82, 2.24) is 15.3 Å². The number of methoxy groups -OCH3 is 1. The number of nitrogens with two attached hydrogens (primary N) is 1. The maximum absolute atomic E-state index is 10.3. The minimum atomic E-state index is -1.42. The van der Waals surface area contributed by atoms with Crippen molar-refractivity contribution in [2.45, 2.75) is 19.6 Å². The lowest BCUT2D eigenvalue weighted by molar-refractivity contribution is -0.0925. The molecule has 0 amide bonds. The number of rotatable bonds is 6. The number of ether oxygens (including phenoxy) is 1. The molecule has 130 valence electrons. The van der Waals surface area contributed by atoms with Crippen molar-refractivity contribution in [3.63, 3.8) is 0 Å². The Balaban J connectivity index is 1.94. The molecule has 2 heterocycles. The second-order valence-electron chi connectivity index (χ2n) is 5.97. The molecule has 0 saturated heterocycles. The number of aromatic nitrogens is 1. The summed E-state index contributed by atoms with van der Waals surface area (Å²) < 4.78 is 5.12. The summed E-state index contributed by atoms with van der Waals surface area (Å²) in [6.45, 7) is 8.00. The van der Waals surface area contributed by atoms with Crippen molar-refractivity contribution in [1.29, 1.82) is 0 Å². The molecule has 0 saturated carbocycles. The lowest BCUT2D eigenvalue weighted by Crippen LogP contribution is -2.42. The molecule has 0 spiro atoms. The molecule has 0 radical (unpaired) electrons. The van der Waals surface area contributed by atoms with Crippen molar-refractivity contribution in [2.24, 2.45) is 5.73 Å². The summed E-state index contributed by atoms with van der Waals surface area (Å²) in [4.78, 5) is 7.04. The van der Waals surface area contributed by atoms with Crippen LogP contribution in [-0.4, -0.2) is 54.1 Å². The van der Waals surface area contributed by atoms with Crippen LogP contribution in [0.2, 0.25) is 0 Å². The molecule has 7 heteroatoms. The normalized spacial score (nSPS) is 21.5. The summed E-state index contributed by atoms with van der Waals surface area (Å²) in [5.74, 6) is -0.0362. The molecule has 1 aromatic rings. The third-order valence-corrected chi connectivity index (χ3v) is 4.57. The molecule has 1 aromatic heterocycles. The Bertz CT molecular complexity index is 772. The largest absolute Gasteiger partial charge is 0.384 e. The van der Waals surface area contributed by atoms with Crippen LogP contribution in [-0.2, 0) is 4.74 Å². The fraction of sp³-hybridized carbons (Fsp3) is 0.471. The van der Waals surface area contributed by atoms with E-state index in [1.807, 2.05) is 11.1 Å². The number of hydrazine groups is 1. The molecule has 0 aromatic carbocycles. The Morgan fingerprint density at radius 2 is 2.17 bits per heavy atom. The van der Waals surface area contributed by atoms with Gasteiger partial charge in [0.2, 0.25) is 5.79 Å². The van der Waals surface area contributed by atoms with Gasteiger partial charge in [0, 0.05) is 25.3 Å². The quantitative estimate of drug-likeness (QED) is 0.571. The number of hydrogen-bond acceptors (Lipinski definition) is 7. The van der Waals surface area contributed by atoms with E-state index in [9.17, 15) is 5.11 Å². The first-order valence-corrected chi connectivity index (χ1v) is 8.26. The number of fused-ring (bicyclic) bond motifs is 2. The average molecular weight is 331 g/mol. The van der Waals surface area contributed by atoms with Crippen LogP contribution in [0.4, 0.5) is 5.82 Å². The summed E-state index contributed by atoms with van der Waals surface area (Å²) in [6.07, 6.45) is 5.01. The fourth-order valence-corrected chi connectivity index (χ4v) is 2.97. The molecule has 0 fully saturated rings. The fourth-order valence-electron chi connectivity index (χ4n) is 2.97. The van der Waals surface area contributed by atoms with Gasteiger partial charge in [-0.25, -0.2) is 4.98 Å². The topological polar surface area (TPSA) is 86.9 Å². The zero-order chi connectivity index (χ0) is 17.3. The van der Waals surface area contributed by atoms with E-state index in [4.69, 9.17) is 15.5 Å². The SMILES string of the molecule is CCN(CC)CCN1NC(N)=c2cc3c(nc21)=CC(O)(OC)C=C3. The maximum Gasteiger partial charge on any atom is 0.207 e. The molecule has 0 bridgehead atoms. The Kier molecular flexibility index (Phi) is 4.49. The van der Waals surface area contributed by atoms with Gasteiger partial charge >= 0.3 is 0 Å². The van der Waals surface area contributed by atoms with Gasteiger partial charge in [0.1, 0.15) is 5.82 Å². The van der Waals surface area contributed by atoms with Crippen LogP contribution in [0.1, 0.15) is 19.4 Å². The van der Waals surface area contributed by atoms with Crippen LogP contribution >= 0.6 is 0 Å². The number of hydrogen-bond donors (Lipinski definition) is 3. The standard InChI is InChI=1S/C17H25N5O2/c1-4-21(5-2)8-9-22-16-13(15(18)20-22)10-12-6-7-17(23,24-3)11-14(12)19-16/h6-7,10-11,20,23H,4-5,8-9,18H2,1-3H3. The second kappa shape index (κ2) is 6.43. The average Bonchev–Trinajstić information content (AvgIpc) is 2.89. The molecule has 1 aliphatic heterocycles. The first-order chi connectivity index (χ1) is 11.5. The predicted octanol–water partition coefficient (Wildman–Crippen LogP) is -1.09. The van der Waals surface area contributed by atoms with E-state index >= 15 is 0 Å². The number of nitrogens with one attached hydrogen (secondary N) is 1. The third kappa shape index (κ3) is 2.98. The Morgan fingerprint density at radius 3 is 2.83 bits per heavy atom. The van der Waals surface area contributed by atoms with Gasteiger partial charge in [-0.05, 0) is 25.2 Å². The summed E-state index contributed by atoms with van der Waals surface area (Å²) in [5, 5.41) is 13.8. The summed E-state index contributed by atoms with van der Waals surface area (Å²) >= 11 is 0. The van der Waals surface area contributed by atoms with E-state index in [-0.39, 0.29) is 0 Å². The molecule has 1 unspecified atom stereocenters. The van der Waals surface area contributed by atoms with Gasteiger partial charge in [-0.15, -0.1) is 0 Å². The van der Waals surface area contributed by atoms with E-state index < -0.39 is 5.79 Å². The second-order valence-corrected chi connectivity index (χ2v) is 5.97. The van der Waals surface area contributed by atoms with Gasteiger partial charge < -0.3 is 20.5 Å². The monoisotopic (exact) mass is 331 g/mol. The Morgan fingerprint density at radius 1 is 1.42 bits per heavy atom. The van der Waals surface area contributed by atoms with Crippen molar-refractivity contribution in [3.8, 4) is 0 Å². The molecule has 1 aliphatic carbocycles. The van der Waals surface area contributed by atoms with Crippen molar-refractivity contribution >= 4 is 23.8 Å². The van der Waals surface area contributed by atoms with E-state index in [0.717, 1.165) is 42.8 Å². The van der Waals surface area contributed by atoms with Gasteiger partial charge in [-0.3, -0.25) is 10.4 Å². The van der Waals surface area contributed by atoms with Crippen LogP contribution < -0.4 is 26.7 Å². The molecular formula is C17H25N5O2. The van der Waals surface area contributed by atoms with E-state index in [1.54, 1.807) is 18.2 Å². The van der Waals surface area contributed by atoms with E-state index in [0.29, 0.717) is 11.2 Å². The summed E-state index contributed by atoms with van der Waals surface area (Å²) in [7, 11) is 1.46. The van der Waals surface area contributed by atoms with Crippen molar-refractivity contribution in [3.05, 3.63) is 28.3 Å². The lowest BCUT2D eigenvalue weighted by atomic mass is 10.1. The predicted molar refractivity (Wildman–Crippen MR) is 94.8 cm³/mol. The minimum absolute atomic E-state index is 0.598. The van der Waals surface area contributed by atoms with Gasteiger partial charge in [0.15, 0.2) is 5.82 Å². The molecule has 2 aliphatic rings. The van der Waals surface area contributed by atoms with Crippen LogP contribution in [0.15, 0.2) is 12.1 Å². The van der Waals surface area contributed by atoms with Gasteiger partial charge in [-0.1, -0.05) is 19.9 Å². The zero-order valence-electron chi connectivity index (χ0n) is 14.4. The highest BCUT2D eigenvalue weighted by Gasteiger charge is 2.25. The van der Waals surface area contributed by atoms with Crippen LogP contribution in [0, 0.1) is 0 Å². The number of anilines is 1. The number of aliphatic hydroxyl groups is 1. The first-order valence-electron chi connectivity index (χ1n) is 8.26.